The Bertz CT molecular complexity index is 336. The first-order valence-corrected chi connectivity index (χ1v) is 7.35. The number of piperazine rings is 1. The molecular formula is C14H28N3O2+. The standard InChI is InChI=1S/C14H28N3O2/c1-11(2)15-5-7-16(8-6-15)14(19)13-9-12(18)10-17(13,3)4/h11-13,18H,5-10H2,1-4H3/q+1/t12-,13+/m0/s1. The highest BCUT2D eigenvalue weighted by atomic mass is 16.3. The fourth-order valence-corrected chi connectivity index (χ4v) is 3.36. The quantitative estimate of drug-likeness (QED) is 0.704. The zero-order valence-electron chi connectivity index (χ0n) is 12.7. The number of hydrogen-bond acceptors (Lipinski definition) is 3. The Morgan fingerprint density at radius 1 is 1.21 bits per heavy atom. The van der Waals surface area contributed by atoms with Crippen molar-refractivity contribution in [3.8, 4) is 0 Å². The number of aliphatic hydroxyl groups is 1. The van der Waals surface area contributed by atoms with Crippen molar-refractivity contribution in [2.45, 2.75) is 38.5 Å². The van der Waals surface area contributed by atoms with Crippen LogP contribution in [0.2, 0.25) is 0 Å². The van der Waals surface area contributed by atoms with E-state index in [0.29, 0.717) is 23.5 Å². The molecule has 110 valence electrons. The van der Waals surface area contributed by atoms with Gasteiger partial charge in [0.2, 0.25) is 0 Å². The Labute approximate surface area is 116 Å². The molecule has 0 unspecified atom stereocenters. The Morgan fingerprint density at radius 3 is 2.21 bits per heavy atom. The molecule has 5 heteroatoms. The molecule has 0 aromatic heterocycles. The van der Waals surface area contributed by atoms with E-state index in [2.05, 4.69) is 18.7 Å². The number of carbonyl (C=O) groups is 1. The maximum absolute atomic E-state index is 12.6. The van der Waals surface area contributed by atoms with Gasteiger partial charge in [0.1, 0.15) is 12.6 Å². The summed E-state index contributed by atoms with van der Waals surface area (Å²) in [5.41, 5.74) is 0. The lowest BCUT2D eigenvalue weighted by atomic mass is 10.1. The summed E-state index contributed by atoms with van der Waals surface area (Å²) in [5, 5.41) is 9.80. The van der Waals surface area contributed by atoms with Crippen molar-refractivity contribution < 1.29 is 14.4 Å². The van der Waals surface area contributed by atoms with Gasteiger partial charge in [0.15, 0.2) is 6.04 Å². The molecular weight excluding hydrogens is 242 g/mol. The van der Waals surface area contributed by atoms with Crippen molar-refractivity contribution in [2.75, 3.05) is 46.8 Å². The van der Waals surface area contributed by atoms with Crippen LogP contribution in [0.1, 0.15) is 20.3 Å². The largest absolute Gasteiger partial charge is 0.387 e. The molecule has 2 fully saturated rings. The average molecular weight is 270 g/mol. The van der Waals surface area contributed by atoms with Crippen LogP contribution < -0.4 is 0 Å². The molecule has 2 heterocycles. The van der Waals surface area contributed by atoms with Crippen molar-refractivity contribution in [2.24, 2.45) is 0 Å². The summed E-state index contributed by atoms with van der Waals surface area (Å²) in [5.74, 6) is 0.227. The van der Waals surface area contributed by atoms with E-state index in [9.17, 15) is 9.90 Å². The van der Waals surface area contributed by atoms with Gasteiger partial charge < -0.3 is 14.5 Å². The summed E-state index contributed by atoms with van der Waals surface area (Å²) in [6, 6.07) is 0.485. The second-order valence-electron chi connectivity index (χ2n) is 6.82. The fraction of sp³-hybridized carbons (Fsp3) is 0.929. The molecule has 5 nitrogen and oxygen atoms in total. The van der Waals surface area contributed by atoms with Crippen molar-refractivity contribution in [1.82, 2.24) is 9.80 Å². The van der Waals surface area contributed by atoms with E-state index in [1.165, 1.54) is 0 Å². The molecule has 2 aliphatic heterocycles. The predicted octanol–water partition coefficient (Wildman–Crippen LogP) is -0.251. The number of hydrogen-bond donors (Lipinski definition) is 1. The van der Waals surface area contributed by atoms with Crippen LogP contribution in [0, 0.1) is 0 Å². The van der Waals surface area contributed by atoms with Crippen molar-refractivity contribution in [3.05, 3.63) is 0 Å². The molecule has 0 radical (unpaired) electrons. The van der Waals surface area contributed by atoms with E-state index >= 15 is 0 Å². The molecule has 0 spiro atoms. The number of quaternary nitrogens is 1. The van der Waals surface area contributed by atoms with Crippen molar-refractivity contribution in [3.63, 3.8) is 0 Å². The lowest BCUT2D eigenvalue weighted by molar-refractivity contribution is -0.894. The molecule has 1 N–H and O–H groups in total. The summed E-state index contributed by atoms with van der Waals surface area (Å²) in [6.07, 6.45) is 0.275. The second-order valence-corrected chi connectivity index (χ2v) is 6.82. The Kier molecular flexibility index (Phi) is 4.18. The molecule has 2 saturated heterocycles. The first-order chi connectivity index (χ1) is 8.81. The van der Waals surface area contributed by atoms with Crippen LogP contribution in [0.15, 0.2) is 0 Å². The summed E-state index contributed by atoms with van der Waals surface area (Å²) in [6.45, 7) is 8.66. The van der Waals surface area contributed by atoms with Crippen LogP contribution in [0.5, 0.6) is 0 Å². The van der Waals surface area contributed by atoms with Gasteiger partial charge in [-0.25, -0.2) is 0 Å². The molecule has 0 aromatic rings. The number of likely N-dealkylation sites (N-methyl/N-ethyl adjacent to an activating group) is 1. The third-order valence-electron chi connectivity index (χ3n) is 4.66. The maximum atomic E-state index is 12.6. The SMILES string of the molecule is CC(C)N1CCN(C(=O)[C@H]2C[C@H](O)C[N+]2(C)C)CC1. The molecule has 2 aliphatic rings. The molecule has 19 heavy (non-hydrogen) atoms. The van der Waals surface area contributed by atoms with Gasteiger partial charge >= 0.3 is 0 Å². The minimum atomic E-state index is -0.332. The monoisotopic (exact) mass is 270 g/mol. The second kappa shape index (κ2) is 5.38. The Balaban J connectivity index is 1.95. The van der Waals surface area contributed by atoms with Gasteiger partial charge in [-0.15, -0.1) is 0 Å². The van der Waals surface area contributed by atoms with Crippen LogP contribution in [-0.4, -0.2) is 90.3 Å². The van der Waals surface area contributed by atoms with Crippen LogP contribution in [0.25, 0.3) is 0 Å². The van der Waals surface area contributed by atoms with Crippen LogP contribution in [-0.2, 0) is 4.79 Å². The zero-order chi connectivity index (χ0) is 14.2. The van der Waals surface area contributed by atoms with Gasteiger partial charge in [-0.3, -0.25) is 9.69 Å². The number of amides is 1. The third-order valence-corrected chi connectivity index (χ3v) is 4.66. The van der Waals surface area contributed by atoms with E-state index in [0.717, 1.165) is 26.2 Å². The van der Waals surface area contributed by atoms with Gasteiger partial charge in [-0.05, 0) is 13.8 Å². The van der Waals surface area contributed by atoms with Gasteiger partial charge in [-0.2, -0.15) is 0 Å². The summed E-state index contributed by atoms with van der Waals surface area (Å²) >= 11 is 0. The number of likely N-dealkylation sites (tertiary alicyclic amines) is 1. The van der Waals surface area contributed by atoms with E-state index < -0.39 is 0 Å². The lowest BCUT2D eigenvalue weighted by Crippen LogP contribution is -2.58. The van der Waals surface area contributed by atoms with Gasteiger partial charge in [0.25, 0.3) is 5.91 Å². The predicted molar refractivity (Wildman–Crippen MR) is 74.7 cm³/mol. The zero-order valence-corrected chi connectivity index (χ0v) is 12.7. The number of nitrogens with zero attached hydrogens (tertiary/aromatic N) is 3. The Hall–Kier alpha value is -0.650. The van der Waals surface area contributed by atoms with Gasteiger partial charge in [0.05, 0.1) is 14.1 Å². The first-order valence-electron chi connectivity index (χ1n) is 7.35. The molecule has 0 bridgehead atoms. The van der Waals surface area contributed by atoms with Crippen LogP contribution >= 0.6 is 0 Å². The van der Waals surface area contributed by atoms with E-state index in [1.54, 1.807) is 0 Å². The normalized spacial score (nSPS) is 32.0. The number of carbonyl (C=O) groups excluding carboxylic acids is 1. The minimum absolute atomic E-state index is 0.0689. The maximum Gasteiger partial charge on any atom is 0.281 e. The van der Waals surface area contributed by atoms with Gasteiger partial charge in [-0.1, -0.05) is 0 Å². The highest BCUT2D eigenvalue weighted by Crippen LogP contribution is 2.25. The Morgan fingerprint density at radius 2 is 1.79 bits per heavy atom. The molecule has 2 rings (SSSR count). The summed E-state index contributed by atoms with van der Waals surface area (Å²) in [4.78, 5) is 17.0. The molecule has 0 saturated carbocycles. The van der Waals surface area contributed by atoms with Crippen LogP contribution in [0.4, 0.5) is 0 Å². The van der Waals surface area contributed by atoms with Crippen molar-refractivity contribution in [1.29, 1.82) is 0 Å². The minimum Gasteiger partial charge on any atom is -0.387 e. The fourth-order valence-electron chi connectivity index (χ4n) is 3.36. The topological polar surface area (TPSA) is 43.8 Å². The van der Waals surface area contributed by atoms with Crippen LogP contribution in [0.3, 0.4) is 0 Å². The van der Waals surface area contributed by atoms with E-state index in [1.807, 2.05) is 19.0 Å². The first kappa shape index (κ1) is 14.8. The third kappa shape index (κ3) is 3.09. The molecule has 1 amide bonds. The number of rotatable bonds is 2. The highest BCUT2D eigenvalue weighted by molar-refractivity contribution is 5.81. The molecule has 0 aliphatic carbocycles. The highest BCUT2D eigenvalue weighted by Gasteiger charge is 2.46. The summed E-state index contributed by atoms with van der Waals surface area (Å²) in [7, 11) is 4.09. The van der Waals surface area contributed by atoms with Gasteiger partial charge in [0, 0.05) is 38.6 Å². The summed E-state index contributed by atoms with van der Waals surface area (Å²) < 4.78 is 0.615. The van der Waals surface area contributed by atoms with Crippen molar-refractivity contribution >= 4 is 5.91 Å². The van der Waals surface area contributed by atoms with E-state index in [-0.39, 0.29) is 18.1 Å². The molecule has 0 aromatic carbocycles. The lowest BCUT2D eigenvalue weighted by Gasteiger charge is -2.39. The number of aliphatic hydroxyl groups excluding tert-OH is 1. The molecule has 2 atom stereocenters. The average Bonchev–Trinajstić information content (AvgIpc) is 2.61. The smallest absolute Gasteiger partial charge is 0.281 e. The van der Waals surface area contributed by atoms with E-state index in [4.69, 9.17) is 0 Å².